The molecular formula is C27H24ClNO5S2. The Kier molecular flexibility index (Phi) is 8.40. The van der Waals surface area contributed by atoms with Gasteiger partial charge in [-0.3, -0.25) is 9.69 Å². The van der Waals surface area contributed by atoms with E-state index < -0.39 is 0 Å². The maximum atomic E-state index is 13.3. The van der Waals surface area contributed by atoms with E-state index in [-0.39, 0.29) is 5.91 Å². The van der Waals surface area contributed by atoms with Crippen LogP contribution in [0, 0.1) is 0 Å². The third kappa shape index (κ3) is 5.61. The summed E-state index contributed by atoms with van der Waals surface area (Å²) in [6.07, 6.45) is 1.79. The maximum Gasteiger partial charge on any atom is 0.270 e. The van der Waals surface area contributed by atoms with E-state index in [4.69, 9.17) is 42.8 Å². The summed E-state index contributed by atoms with van der Waals surface area (Å²) in [6, 6.07) is 18.3. The fraction of sp³-hybridized carbons (Fsp3) is 0.185. The maximum absolute atomic E-state index is 13.3. The van der Waals surface area contributed by atoms with Gasteiger partial charge in [0.1, 0.15) is 18.1 Å². The number of hydrogen-bond donors (Lipinski definition) is 0. The Morgan fingerprint density at radius 2 is 1.78 bits per heavy atom. The Balaban J connectivity index is 1.58. The number of nitrogens with zero attached hydrogens (tertiary/aromatic N) is 1. The third-order valence-corrected chi connectivity index (χ3v) is 7.00. The highest BCUT2D eigenvalue weighted by Crippen LogP contribution is 2.41. The van der Waals surface area contributed by atoms with Gasteiger partial charge in [0.15, 0.2) is 15.8 Å². The minimum Gasteiger partial charge on any atom is -0.497 e. The highest BCUT2D eigenvalue weighted by atomic mass is 35.5. The number of hydrogen-bond acceptors (Lipinski definition) is 7. The molecule has 186 valence electrons. The highest BCUT2D eigenvalue weighted by Gasteiger charge is 2.35. The number of thiocarbonyl (C=S) groups is 1. The van der Waals surface area contributed by atoms with E-state index in [2.05, 4.69) is 0 Å². The molecular weight excluding hydrogens is 518 g/mol. The number of halogens is 1. The van der Waals surface area contributed by atoms with Crippen molar-refractivity contribution < 1.29 is 23.7 Å². The lowest BCUT2D eigenvalue weighted by Gasteiger charge is -2.18. The van der Waals surface area contributed by atoms with E-state index in [9.17, 15) is 4.79 Å². The molecule has 0 aromatic heterocycles. The van der Waals surface area contributed by atoms with Crippen molar-refractivity contribution in [3.63, 3.8) is 0 Å². The molecule has 0 unspecified atom stereocenters. The minimum atomic E-state index is -0.231. The van der Waals surface area contributed by atoms with Crippen LogP contribution >= 0.6 is 35.6 Å². The second kappa shape index (κ2) is 11.7. The first-order valence-corrected chi connectivity index (χ1v) is 12.7. The van der Waals surface area contributed by atoms with Gasteiger partial charge < -0.3 is 18.9 Å². The molecule has 1 aliphatic rings. The Morgan fingerprint density at radius 3 is 2.50 bits per heavy atom. The zero-order valence-electron chi connectivity index (χ0n) is 19.9. The molecule has 1 saturated heterocycles. The van der Waals surface area contributed by atoms with E-state index in [1.54, 1.807) is 31.4 Å². The number of carbonyl (C=O) groups excluding carboxylic acids is 1. The van der Waals surface area contributed by atoms with Crippen LogP contribution < -0.4 is 23.8 Å². The first kappa shape index (κ1) is 25.9. The third-order valence-electron chi connectivity index (χ3n) is 5.33. The second-order valence-corrected chi connectivity index (χ2v) is 9.66. The summed E-state index contributed by atoms with van der Waals surface area (Å²) < 4.78 is 22.9. The van der Waals surface area contributed by atoms with Crippen LogP contribution in [0.5, 0.6) is 23.0 Å². The summed E-state index contributed by atoms with van der Waals surface area (Å²) in [7, 11) is 3.11. The molecule has 1 amide bonds. The average molecular weight is 542 g/mol. The predicted octanol–water partition coefficient (Wildman–Crippen LogP) is 6.74. The lowest BCUT2D eigenvalue weighted by molar-refractivity contribution is -0.113. The van der Waals surface area contributed by atoms with Gasteiger partial charge in [-0.2, -0.15) is 0 Å². The van der Waals surface area contributed by atoms with Gasteiger partial charge in [0.05, 0.1) is 31.4 Å². The van der Waals surface area contributed by atoms with E-state index in [0.717, 1.165) is 11.1 Å². The molecule has 36 heavy (non-hydrogen) atoms. The topological polar surface area (TPSA) is 57.2 Å². The number of amides is 1. The van der Waals surface area contributed by atoms with Crippen molar-refractivity contribution in [3.8, 4) is 23.0 Å². The summed E-state index contributed by atoms with van der Waals surface area (Å²) in [5, 5.41) is 0.641. The number of methoxy groups -OCH3 is 2. The van der Waals surface area contributed by atoms with Crippen molar-refractivity contribution in [2.45, 2.75) is 13.5 Å². The Bertz CT molecular complexity index is 1330. The van der Waals surface area contributed by atoms with Gasteiger partial charge in [0.2, 0.25) is 0 Å². The molecule has 0 spiro atoms. The number of thioether (sulfide) groups is 1. The average Bonchev–Trinajstić information content (AvgIpc) is 3.16. The summed E-state index contributed by atoms with van der Waals surface area (Å²) in [4.78, 5) is 15.3. The number of carbonyl (C=O) groups is 1. The fourth-order valence-corrected chi connectivity index (χ4v) is 5.04. The molecule has 6 nitrogen and oxygen atoms in total. The predicted molar refractivity (Wildman–Crippen MR) is 149 cm³/mol. The van der Waals surface area contributed by atoms with Crippen LogP contribution in [0.15, 0.2) is 65.6 Å². The van der Waals surface area contributed by atoms with Crippen molar-refractivity contribution in [2.75, 3.05) is 25.7 Å². The standard InChI is InChI=1S/C27H24ClNO5S2/c1-4-33-24-13-17(9-12-22(24)34-16-18-7-5-6-8-20(18)28)14-25-26(30)29(27(35)36-25)21-11-10-19(31-2)15-23(21)32-3/h5-15H,4,16H2,1-3H3/b25-14-. The summed E-state index contributed by atoms with van der Waals surface area (Å²) in [5.74, 6) is 2.04. The second-order valence-electron chi connectivity index (χ2n) is 7.57. The quantitative estimate of drug-likeness (QED) is 0.219. The minimum absolute atomic E-state index is 0.231. The van der Waals surface area contributed by atoms with Crippen LogP contribution in [0.4, 0.5) is 5.69 Å². The van der Waals surface area contributed by atoms with Crippen molar-refractivity contribution >= 4 is 57.6 Å². The zero-order valence-corrected chi connectivity index (χ0v) is 22.3. The lowest BCUT2D eigenvalue weighted by Crippen LogP contribution is -2.27. The largest absolute Gasteiger partial charge is 0.497 e. The Labute approximate surface area is 224 Å². The molecule has 0 atom stereocenters. The van der Waals surface area contributed by atoms with Crippen molar-refractivity contribution in [1.29, 1.82) is 0 Å². The van der Waals surface area contributed by atoms with Crippen LogP contribution in [-0.4, -0.2) is 31.1 Å². The normalized spacial score (nSPS) is 14.3. The molecule has 1 aliphatic heterocycles. The number of anilines is 1. The monoisotopic (exact) mass is 541 g/mol. The van der Waals surface area contributed by atoms with E-state index in [1.807, 2.05) is 49.4 Å². The molecule has 0 aliphatic carbocycles. The molecule has 3 aromatic rings. The van der Waals surface area contributed by atoms with Gasteiger partial charge in [0, 0.05) is 16.7 Å². The molecule has 0 saturated carbocycles. The molecule has 0 N–H and O–H groups in total. The number of rotatable bonds is 9. The van der Waals surface area contributed by atoms with Crippen molar-refractivity contribution in [2.24, 2.45) is 0 Å². The van der Waals surface area contributed by atoms with Crippen molar-refractivity contribution in [3.05, 3.63) is 81.7 Å². The molecule has 3 aromatic carbocycles. The molecule has 0 bridgehead atoms. The first-order valence-electron chi connectivity index (χ1n) is 11.1. The van der Waals surface area contributed by atoms with Crippen molar-refractivity contribution in [1.82, 2.24) is 0 Å². The van der Waals surface area contributed by atoms with E-state index in [1.165, 1.54) is 23.8 Å². The van der Waals surface area contributed by atoms with Gasteiger partial charge in [-0.1, -0.05) is 59.8 Å². The van der Waals surface area contributed by atoms with Gasteiger partial charge in [-0.15, -0.1) is 0 Å². The van der Waals surface area contributed by atoms with Gasteiger partial charge >= 0.3 is 0 Å². The van der Waals surface area contributed by atoms with Crippen LogP contribution in [0.2, 0.25) is 5.02 Å². The van der Waals surface area contributed by atoms with Crippen LogP contribution in [0.3, 0.4) is 0 Å². The number of benzene rings is 3. The molecule has 1 heterocycles. The van der Waals surface area contributed by atoms with Crippen LogP contribution in [0.1, 0.15) is 18.1 Å². The van der Waals surface area contributed by atoms with E-state index in [0.29, 0.717) is 56.1 Å². The molecule has 1 fully saturated rings. The lowest BCUT2D eigenvalue weighted by atomic mass is 10.1. The summed E-state index contributed by atoms with van der Waals surface area (Å²) in [5.41, 5.74) is 2.22. The smallest absolute Gasteiger partial charge is 0.270 e. The van der Waals surface area contributed by atoms with Gasteiger partial charge in [0.25, 0.3) is 5.91 Å². The Morgan fingerprint density at radius 1 is 0.972 bits per heavy atom. The van der Waals surface area contributed by atoms with Crippen LogP contribution in [0.25, 0.3) is 6.08 Å². The summed E-state index contributed by atoms with van der Waals surface area (Å²) in [6.45, 7) is 2.67. The molecule has 4 rings (SSSR count). The highest BCUT2D eigenvalue weighted by molar-refractivity contribution is 8.27. The molecule has 0 radical (unpaired) electrons. The van der Waals surface area contributed by atoms with Crippen LogP contribution in [-0.2, 0) is 11.4 Å². The number of ether oxygens (including phenoxy) is 4. The Hall–Kier alpha value is -3.20. The summed E-state index contributed by atoms with van der Waals surface area (Å²) >= 11 is 13.0. The molecule has 9 heteroatoms. The first-order chi connectivity index (χ1) is 17.4. The fourth-order valence-electron chi connectivity index (χ4n) is 3.57. The van der Waals surface area contributed by atoms with E-state index >= 15 is 0 Å². The zero-order chi connectivity index (χ0) is 25.7. The van der Waals surface area contributed by atoms with Gasteiger partial charge in [-0.05, 0) is 48.9 Å². The SMILES string of the molecule is CCOc1cc(/C=C2\SC(=S)N(c3ccc(OC)cc3OC)C2=O)ccc1OCc1ccccc1Cl. The van der Waals surface area contributed by atoms with Gasteiger partial charge in [-0.25, -0.2) is 0 Å².